The number of hydrogen-bond donors (Lipinski definition) is 1. The first-order valence-electron chi connectivity index (χ1n) is 7.74. The Morgan fingerprint density at radius 1 is 1.28 bits per heavy atom. The molecule has 0 aliphatic heterocycles. The summed E-state index contributed by atoms with van der Waals surface area (Å²) in [7, 11) is 0.274. The first-order chi connectivity index (χ1) is 11.6. The zero-order chi connectivity index (χ0) is 19.2. The molecular weight excluding hydrogens is 348 g/mol. The molecule has 0 saturated carbocycles. The van der Waals surface area contributed by atoms with Crippen molar-refractivity contribution in [2.45, 2.75) is 31.3 Å². The third-order valence-corrected chi connectivity index (χ3v) is 5.20. The number of carbonyl (C=O) groups excluding carboxylic acids is 2. The van der Waals surface area contributed by atoms with E-state index in [1.54, 1.807) is 0 Å². The van der Waals surface area contributed by atoms with Crippen molar-refractivity contribution < 1.29 is 27.5 Å². The summed E-state index contributed by atoms with van der Waals surface area (Å²) >= 11 is 0. The predicted octanol–water partition coefficient (Wildman–Crippen LogP) is 1.02. The van der Waals surface area contributed by atoms with E-state index in [1.165, 1.54) is 46.3 Å². The van der Waals surface area contributed by atoms with Gasteiger partial charge in [-0.2, -0.15) is 0 Å². The number of amides is 1. The van der Waals surface area contributed by atoms with Crippen molar-refractivity contribution in [2.24, 2.45) is 0 Å². The lowest BCUT2D eigenvalue weighted by atomic mass is 10.2. The first kappa shape index (κ1) is 20.9. The molecule has 140 valence electrons. The number of sulfonamides is 1. The van der Waals surface area contributed by atoms with E-state index in [1.807, 2.05) is 6.92 Å². The normalized spacial score (nSPS) is 12.6. The molecule has 0 aromatic heterocycles. The van der Waals surface area contributed by atoms with Crippen LogP contribution >= 0.6 is 0 Å². The molecule has 1 aromatic rings. The average Bonchev–Trinajstić information content (AvgIpc) is 2.58. The van der Waals surface area contributed by atoms with Crippen LogP contribution in [0, 0.1) is 0 Å². The summed E-state index contributed by atoms with van der Waals surface area (Å²) in [6.45, 7) is 3.83. The van der Waals surface area contributed by atoms with Crippen LogP contribution in [0.3, 0.4) is 0 Å². The third kappa shape index (κ3) is 5.17. The van der Waals surface area contributed by atoms with Crippen molar-refractivity contribution in [3.63, 3.8) is 0 Å². The van der Waals surface area contributed by atoms with Crippen LogP contribution in [0.25, 0.3) is 0 Å². The SMILES string of the molecule is CCCNC(=O)[C@@H](C)OC(=O)c1ccc(OC)c(S(=O)(=O)N(C)C)c1. The Labute approximate surface area is 148 Å². The van der Waals surface area contributed by atoms with Gasteiger partial charge in [-0.05, 0) is 31.5 Å². The second-order valence-electron chi connectivity index (χ2n) is 5.49. The number of esters is 1. The zero-order valence-electron chi connectivity index (χ0n) is 15.0. The monoisotopic (exact) mass is 372 g/mol. The molecule has 1 amide bonds. The Morgan fingerprint density at radius 2 is 1.92 bits per heavy atom. The second kappa shape index (κ2) is 8.82. The van der Waals surface area contributed by atoms with E-state index in [-0.39, 0.29) is 16.2 Å². The minimum atomic E-state index is -3.81. The van der Waals surface area contributed by atoms with Gasteiger partial charge in [0.2, 0.25) is 10.0 Å². The number of rotatable bonds is 8. The maximum absolute atomic E-state index is 12.4. The molecule has 1 atom stereocenters. The van der Waals surface area contributed by atoms with E-state index in [4.69, 9.17) is 9.47 Å². The maximum atomic E-state index is 12.4. The average molecular weight is 372 g/mol. The molecule has 1 N–H and O–H groups in total. The lowest BCUT2D eigenvalue weighted by molar-refractivity contribution is -0.129. The molecule has 0 radical (unpaired) electrons. The van der Waals surface area contributed by atoms with Crippen molar-refractivity contribution in [1.29, 1.82) is 0 Å². The Morgan fingerprint density at radius 3 is 2.44 bits per heavy atom. The molecule has 0 aliphatic carbocycles. The largest absolute Gasteiger partial charge is 0.495 e. The van der Waals surface area contributed by atoms with E-state index < -0.39 is 28.0 Å². The highest BCUT2D eigenvalue weighted by molar-refractivity contribution is 7.89. The van der Waals surface area contributed by atoms with Crippen molar-refractivity contribution in [1.82, 2.24) is 9.62 Å². The molecule has 0 saturated heterocycles. The summed E-state index contributed by atoms with van der Waals surface area (Å²) in [4.78, 5) is 23.8. The van der Waals surface area contributed by atoms with Crippen LogP contribution in [0.5, 0.6) is 5.75 Å². The van der Waals surface area contributed by atoms with Gasteiger partial charge in [0.05, 0.1) is 12.7 Å². The highest BCUT2D eigenvalue weighted by atomic mass is 32.2. The Kier molecular flexibility index (Phi) is 7.38. The molecule has 1 aromatic carbocycles. The number of nitrogens with one attached hydrogen (secondary N) is 1. The maximum Gasteiger partial charge on any atom is 0.338 e. The molecule has 25 heavy (non-hydrogen) atoms. The molecule has 0 fully saturated rings. The van der Waals surface area contributed by atoms with Crippen LogP contribution in [0.2, 0.25) is 0 Å². The van der Waals surface area contributed by atoms with Crippen LogP contribution < -0.4 is 10.1 Å². The van der Waals surface area contributed by atoms with Gasteiger partial charge in [0, 0.05) is 20.6 Å². The number of nitrogens with zero attached hydrogens (tertiary/aromatic N) is 1. The fraction of sp³-hybridized carbons (Fsp3) is 0.500. The van der Waals surface area contributed by atoms with E-state index in [0.29, 0.717) is 6.54 Å². The zero-order valence-corrected chi connectivity index (χ0v) is 15.8. The minimum Gasteiger partial charge on any atom is -0.495 e. The molecule has 0 aliphatic rings. The van der Waals surface area contributed by atoms with Gasteiger partial charge in [-0.15, -0.1) is 0 Å². The van der Waals surface area contributed by atoms with E-state index in [2.05, 4.69) is 5.32 Å². The van der Waals surface area contributed by atoms with Crippen LogP contribution in [-0.4, -0.2) is 58.5 Å². The Bertz CT molecular complexity index is 730. The van der Waals surface area contributed by atoms with Gasteiger partial charge < -0.3 is 14.8 Å². The van der Waals surface area contributed by atoms with Crippen LogP contribution in [0.4, 0.5) is 0 Å². The fourth-order valence-corrected chi connectivity index (χ4v) is 2.95. The highest BCUT2D eigenvalue weighted by Crippen LogP contribution is 2.27. The van der Waals surface area contributed by atoms with Crippen molar-refractivity contribution in [2.75, 3.05) is 27.7 Å². The summed E-state index contributed by atoms with van der Waals surface area (Å²) in [6, 6.07) is 3.93. The summed E-state index contributed by atoms with van der Waals surface area (Å²) in [5.41, 5.74) is 0.0105. The quantitative estimate of drug-likeness (QED) is 0.684. The van der Waals surface area contributed by atoms with E-state index in [0.717, 1.165) is 10.7 Å². The molecule has 9 heteroatoms. The fourth-order valence-electron chi connectivity index (χ4n) is 1.88. The summed E-state index contributed by atoms with van der Waals surface area (Å²) in [5, 5.41) is 2.62. The van der Waals surface area contributed by atoms with Gasteiger partial charge in [0.25, 0.3) is 5.91 Å². The molecule has 0 heterocycles. The number of benzene rings is 1. The van der Waals surface area contributed by atoms with Gasteiger partial charge in [0.1, 0.15) is 10.6 Å². The van der Waals surface area contributed by atoms with E-state index >= 15 is 0 Å². The summed E-state index contributed by atoms with van der Waals surface area (Å²) < 4.78 is 35.9. The highest BCUT2D eigenvalue weighted by Gasteiger charge is 2.25. The molecule has 0 spiro atoms. The molecule has 1 rings (SSSR count). The standard InChI is InChI=1S/C16H24N2O6S/c1-6-9-17-15(19)11(2)24-16(20)12-7-8-13(23-5)14(10-12)25(21,22)18(3)4/h7-8,10-11H,6,9H2,1-5H3,(H,17,19)/t11-/m1/s1. The molecular formula is C16H24N2O6S. The number of methoxy groups -OCH3 is 1. The Balaban J connectivity index is 3.07. The lowest BCUT2D eigenvalue weighted by Crippen LogP contribution is -2.36. The second-order valence-corrected chi connectivity index (χ2v) is 7.61. The molecule has 0 bridgehead atoms. The van der Waals surface area contributed by atoms with Gasteiger partial charge in [0.15, 0.2) is 6.10 Å². The molecule has 8 nitrogen and oxygen atoms in total. The van der Waals surface area contributed by atoms with Crippen molar-refractivity contribution in [3.05, 3.63) is 23.8 Å². The van der Waals surface area contributed by atoms with Crippen molar-refractivity contribution in [3.8, 4) is 5.75 Å². The number of hydrogen-bond acceptors (Lipinski definition) is 6. The first-order valence-corrected chi connectivity index (χ1v) is 9.18. The Hall–Kier alpha value is -2.13. The van der Waals surface area contributed by atoms with Crippen LogP contribution in [-0.2, 0) is 19.6 Å². The van der Waals surface area contributed by atoms with Crippen molar-refractivity contribution >= 4 is 21.9 Å². The molecule has 0 unspecified atom stereocenters. The van der Waals surface area contributed by atoms with Gasteiger partial charge in [-0.25, -0.2) is 17.5 Å². The number of ether oxygens (including phenoxy) is 2. The lowest BCUT2D eigenvalue weighted by Gasteiger charge is -2.16. The summed E-state index contributed by atoms with van der Waals surface area (Å²) in [5.74, 6) is -1.10. The predicted molar refractivity (Wildman–Crippen MR) is 92.0 cm³/mol. The third-order valence-electron chi connectivity index (χ3n) is 3.36. The topological polar surface area (TPSA) is 102 Å². The smallest absolute Gasteiger partial charge is 0.338 e. The van der Waals surface area contributed by atoms with E-state index in [9.17, 15) is 18.0 Å². The van der Waals surface area contributed by atoms with Gasteiger partial charge in [-0.3, -0.25) is 4.79 Å². The van der Waals surface area contributed by atoms with Gasteiger partial charge >= 0.3 is 5.97 Å². The van der Waals surface area contributed by atoms with Gasteiger partial charge in [-0.1, -0.05) is 6.92 Å². The number of carbonyl (C=O) groups is 2. The van der Waals surface area contributed by atoms with Crippen LogP contribution in [0.1, 0.15) is 30.6 Å². The van der Waals surface area contributed by atoms with Crippen LogP contribution in [0.15, 0.2) is 23.1 Å². The minimum absolute atomic E-state index is 0.0105. The summed E-state index contributed by atoms with van der Waals surface area (Å²) in [6.07, 6.45) is -0.230.